The third-order valence-electron chi connectivity index (χ3n) is 3.44. The van der Waals surface area contributed by atoms with Crippen LogP contribution in [0.3, 0.4) is 0 Å². The molecule has 0 saturated heterocycles. The number of esters is 1. The van der Waals surface area contributed by atoms with E-state index in [1.807, 2.05) is 6.07 Å². The van der Waals surface area contributed by atoms with Crippen LogP contribution in [-0.4, -0.2) is 19.6 Å². The molecular weight excluding hydrogens is 226 g/mol. The molecule has 1 unspecified atom stereocenters. The molecule has 2 rings (SSSR count). The van der Waals surface area contributed by atoms with Crippen molar-refractivity contribution in [3.63, 3.8) is 0 Å². The minimum Gasteiger partial charge on any atom is -0.469 e. The Bertz CT molecular complexity index is 413. The lowest BCUT2D eigenvalue weighted by Gasteiger charge is -2.20. The number of nitrogens with one attached hydrogen (secondary N) is 1. The van der Waals surface area contributed by atoms with Crippen LogP contribution in [0.15, 0.2) is 24.3 Å². The van der Waals surface area contributed by atoms with Gasteiger partial charge < -0.3 is 10.1 Å². The molecule has 1 saturated carbocycles. The van der Waals surface area contributed by atoms with Crippen molar-refractivity contribution in [1.29, 1.82) is 0 Å². The first kappa shape index (κ1) is 13.1. The highest BCUT2D eigenvalue weighted by atomic mass is 16.5. The lowest BCUT2D eigenvalue weighted by molar-refractivity contribution is -0.141. The molecule has 18 heavy (non-hydrogen) atoms. The maximum Gasteiger partial charge on any atom is 0.307 e. The van der Waals surface area contributed by atoms with Gasteiger partial charge in [-0.3, -0.25) is 4.79 Å². The van der Waals surface area contributed by atoms with Crippen molar-refractivity contribution in [2.24, 2.45) is 0 Å². The van der Waals surface area contributed by atoms with Crippen LogP contribution in [0.4, 0.5) is 0 Å². The highest BCUT2D eigenvalue weighted by molar-refractivity contribution is 5.70. The molecule has 0 aliphatic heterocycles. The fourth-order valence-corrected chi connectivity index (χ4v) is 2.38. The van der Waals surface area contributed by atoms with Crippen molar-refractivity contribution in [2.45, 2.75) is 38.1 Å². The third kappa shape index (κ3) is 3.10. The van der Waals surface area contributed by atoms with Gasteiger partial charge in [-0.1, -0.05) is 31.2 Å². The summed E-state index contributed by atoms with van der Waals surface area (Å²) in [6.07, 6.45) is 2.94. The summed E-state index contributed by atoms with van der Waals surface area (Å²) in [5.41, 5.74) is 2.65. The first-order valence-electron chi connectivity index (χ1n) is 6.65. The Hall–Kier alpha value is -1.35. The van der Waals surface area contributed by atoms with E-state index in [0.29, 0.717) is 12.3 Å². The second kappa shape index (κ2) is 6.01. The molecule has 0 heterocycles. The Morgan fingerprint density at radius 3 is 2.78 bits per heavy atom. The van der Waals surface area contributed by atoms with Gasteiger partial charge in [-0.25, -0.2) is 0 Å². The van der Waals surface area contributed by atoms with Crippen LogP contribution in [-0.2, 0) is 9.53 Å². The molecule has 1 aromatic carbocycles. The van der Waals surface area contributed by atoms with Gasteiger partial charge in [0, 0.05) is 6.04 Å². The highest BCUT2D eigenvalue weighted by Crippen LogP contribution is 2.43. The van der Waals surface area contributed by atoms with E-state index >= 15 is 0 Å². The monoisotopic (exact) mass is 247 g/mol. The summed E-state index contributed by atoms with van der Waals surface area (Å²) in [4.78, 5) is 11.5. The number of benzene rings is 1. The van der Waals surface area contributed by atoms with E-state index in [2.05, 4.69) is 30.4 Å². The van der Waals surface area contributed by atoms with Gasteiger partial charge in [-0.15, -0.1) is 0 Å². The first-order chi connectivity index (χ1) is 8.76. The summed E-state index contributed by atoms with van der Waals surface area (Å²) in [6.45, 7) is 2.91. The third-order valence-corrected chi connectivity index (χ3v) is 3.44. The fourth-order valence-electron chi connectivity index (χ4n) is 2.38. The van der Waals surface area contributed by atoms with Gasteiger partial charge in [0.2, 0.25) is 0 Å². The van der Waals surface area contributed by atoms with Crippen LogP contribution < -0.4 is 5.32 Å². The van der Waals surface area contributed by atoms with Gasteiger partial charge in [-0.2, -0.15) is 0 Å². The van der Waals surface area contributed by atoms with Gasteiger partial charge in [0.1, 0.15) is 0 Å². The number of hydrogen-bond acceptors (Lipinski definition) is 3. The molecule has 3 nitrogen and oxygen atoms in total. The Morgan fingerprint density at radius 1 is 1.44 bits per heavy atom. The van der Waals surface area contributed by atoms with Crippen molar-refractivity contribution in [1.82, 2.24) is 5.32 Å². The summed E-state index contributed by atoms with van der Waals surface area (Å²) >= 11 is 0. The molecule has 1 aromatic rings. The van der Waals surface area contributed by atoms with Crippen LogP contribution in [0.1, 0.15) is 49.3 Å². The SMILES string of the molecule is CCNC(CC(=O)OC)c1ccccc1C1CC1. The van der Waals surface area contributed by atoms with Gasteiger partial charge in [-0.05, 0) is 36.4 Å². The molecule has 0 spiro atoms. The van der Waals surface area contributed by atoms with Gasteiger partial charge >= 0.3 is 5.97 Å². The van der Waals surface area contributed by atoms with Crippen LogP contribution in [0.25, 0.3) is 0 Å². The van der Waals surface area contributed by atoms with Crippen LogP contribution >= 0.6 is 0 Å². The fraction of sp³-hybridized carbons (Fsp3) is 0.533. The molecule has 0 radical (unpaired) electrons. The number of carbonyl (C=O) groups is 1. The van der Waals surface area contributed by atoms with Crippen LogP contribution in [0.2, 0.25) is 0 Å². The maximum absolute atomic E-state index is 11.5. The van der Waals surface area contributed by atoms with E-state index in [-0.39, 0.29) is 12.0 Å². The summed E-state index contributed by atoms with van der Waals surface area (Å²) in [5.74, 6) is 0.534. The van der Waals surface area contributed by atoms with E-state index in [1.165, 1.54) is 31.1 Å². The smallest absolute Gasteiger partial charge is 0.307 e. The number of methoxy groups -OCH3 is 1. The predicted molar refractivity (Wildman–Crippen MR) is 71.5 cm³/mol. The highest BCUT2D eigenvalue weighted by Gasteiger charge is 2.28. The molecule has 3 heteroatoms. The molecule has 1 atom stereocenters. The second-order valence-corrected chi connectivity index (χ2v) is 4.79. The zero-order chi connectivity index (χ0) is 13.0. The normalized spacial score (nSPS) is 16.3. The molecule has 0 bridgehead atoms. The summed E-state index contributed by atoms with van der Waals surface area (Å²) < 4.78 is 4.79. The van der Waals surface area contributed by atoms with Gasteiger partial charge in [0.05, 0.1) is 13.5 Å². The van der Waals surface area contributed by atoms with Crippen molar-refractivity contribution in [3.8, 4) is 0 Å². The number of rotatable bonds is 6. The predicted octanol–water partition coefficient (Wildman–Crippen LogP) is 2.78. The van der Waals surface area contributed by atoms with Crippen molar-refractivity contribution >= 4 is 5.97 Å². The molecular formula is C15H21NO2. The van der Waals surface area contributed by atoms with Crippen molar-refractivity contribution in [2.75, 3.05) is 13.7 Å². The van der Waals surface area contributed by atoms with Gasteiger partial charge in [0.25, 0.3) is 0 Å². The topological polar surface area (TPSA) is 38.3 Å². The van der Waals surface area contributed by atoms with Crippen molar-refractivity contribution < 1.29 is 9.53 Å². The van der Waals surface area contributed by atoms with E-state index in [4.69, 9.17) is 4.74 Å². The number of hydrogen-bond donors (Lipinski definition) is 1. The maximum atomic E-state index is 11.5. The molecule has 98 valence electrons. The average molecular weight is 247 g/mol. The zero-order valence-corrected chi connectivity index (χ0v) is 11.1. The standard InChI is InChI=1S/C15H21NO2/c1-3-16-14(10-15(17)18-2)13-7-5-4-6-12(13)11-8-9-11/h4-7,11,14,16H,3,8-10H2,1-2H3. The number of ether oxygens (including phenoxy) is 1. The van der Waals surface area contributed by atoms with E-state index in [0.717, 1.165) is 6.54 Å². The Kier molecular flexibility index (Phi) is 4.37. The molecule has 1 fully saturated rings. The molecule has 1 aliphatic carbocycles. The van der Waals surface area contributed by atoms with Crippen molar-refractivity contribution in [3.05, 3.63) is 35.4 Å². The molecule has 1 N–H and O–H groups in total. The first-order valence-corrected chi connectivity index (χ1v) is 6.65. The minimum absolute atomic E-state index is 0.0687. The van der Waals surface area contributed by atoms with Crippen LogP contribution in [0.5, 0.6) is 0 Å². The second-order valence-electron chi connectivity index (χ2n) is 4.79. The molecule has 0 aromatic heterocycles. The average Bonchev–Trinajstić information content (AvgIpc) is 3.22. The Morgan fingerprint density at radius 2 is 2.17 bits per heavy atom. The van der Waals surface area contributed by atoms with E-state index in [9.17, 15) is 4.79 Å². The largest absolute Gasteiger partial charge is 0.469 e. The van der Waals surface area contributed by atoms with Crippen LogP contribution in [0, 0.1) is 0 Å². The molecule has 0 amide bonds. The lowest BCUT2D eigenvalue weighted by Crippen LogP contribution is -2.25. The minimum atomic E-state index is -0.161. The summed E-state index contributed by atoms with van der Waals surface area (Å²) in [5, 5.41) is 3.39. The van der Waals surface area contributed by atoms with Gasteiger partial charge in [0.15, 0.2) is 0 Å². The van der Waals surface area contributed by atoms with E-state index < -0.39 is 0 Å². The summed E-state index contributed by atoms with van der Waals surface area (Å²) in [6, 6.07) is 8.51. The molecule has 1 aliphatic rings. The Labute approximate surface area is 109 Å². The summed E-state index contributed by atoms with van der Waals surface area (Å²) in [7, 11) is 1.44. The van der Waals surface area contributed by atoms with E-state index in [1.54, 1.807) is 0 Å². The quantitative estimate of drug-likeness (QED) is 0.786. The number of carbonyl (C=O) groups excluding carboxylic acids is 1. The Balaban J connectivity index is 2.21. The lowest BCUT2D eigenvalue weighted by atomic mass is 9.95. The zero-order valence-electron chi connectivity index (χ0n) is 11.1.